The van der Waals surface area contributed by atoms with Gasteiger partial charge in [0.1, 0.15) is 0 Å². The Morgan fingerprint density at radius 2 is 1.47 bits per heavy atom. The molecule has 3 aromatic carbocycles. The summed E-state index contributed by atoms with van der Waals surface area (Å²) in [5, 5.41) is 10.6. The van der Waals surface area contributed by atoms with Gasteiger partial charge in [-0.15, -0.1) is 0 Å². The number of carboxylic acid groups (broad SMARTS) is 1. The maximum atomic E-state index is 12.9. The molecule has 0 fully saturated rings. The fraction of sp³-hybridized carbons (Fsp3) is 0.0800. The molecule has 1 heterocycles. The van der Waals surface area contributed by atoms with Crippen LogP contribution < -0.4 is 0 Å². The second-order valence-electron chi connectivity index (χ2n) is 7.03. The number of aromatic carboxylic acids is 1. The lowest BCUT2D eigenvalue weighted by Crippen LogP contribution is -2.27. The Morgan fingerprint density at radius 3 is 2.13 bits per heavy atom. The van der Waals surface area contributed by atoms with Crippen molar-refractivity contribution in [3.8, 4) is 11.3 Å². The molecule has 0 spiro atoms. The second kappa shape index (κ2) is 8.17. The van der Waals surface area contributed by atoms with E-state index in [9.17, 15) is 14.7 Å². The lowest BCUT2D eigenvalue weighted by Gasteiger charge is -2.22. The molecule has 0 saturated heterocycles. The third kappa shape index (κ3) is 3.65. The zero-order chi connectivity index (χ0) is 21.1. The molecule has 0 radical (unpaired) electrons. The van der Waals surface area contributed by atoms with Crippen molar-refractivity contribution in [3.05, 3.63) is 102 Å². The highest BCUT2D eigenvalue weighted by Crippen LogP contribution is 2.31. The van der Waals surface area contributed by atoms with E-state index in [-0.39, 0.29) is 18.0 Å². The first kappa shape index (κ1) is 19.3. The minimum Gasteiger partial charge on any atom is -0.478 e. The van der Waals surface area contributed by atoms with Gasteiger partial charge in [-0.25, -0.2) is 9.78 Å². The standard InChI is InChI=1S/C25H20N2O3/c1-27(24(28)18-12-6-3-7-13-18)16-20-22(25(29)30)19-14-8-9-15-21(19)26-23(20)17-10-4-2-5-11-17/h2-15H,16H2,1H3,(H,29,30). The summed E-state index contributed by atoms with van der Waals surface area (Å²) >= 11 is 0. The van der Waals surface area contributed by atoms with Gasteiger partial charge in [-0.05, 0) is 18.2 Å². The fourth-order valence-corrected chi connectivity index (χ4v) is 3.59. The lowest BCUT2D eigenvalue weighted by atomic mass is 9.96. The van der Waals surface area contributed by atoms with E-state index in [1.54, 1.807) is 49.5 Å². The van der Waals surface area contributed by atoms with E-state index in [1.807, 2.05) is 42.5 Å². The minimum atomic E-state index is -1.04. The minimum absolute atomic E-state index is 0.122. The van der Waals surface area contributed by atoms with E-state index in [0.29, 0.717) is 27.7 Å². The van der Waals surface area contributed by atoms with Crippen LogP contribution in [-0.4, -0.2) is 33.9 Å². The van der Waals surface area contributed by atoms with Crippen LogP contribution in [0.4, 0.5) is 0 Å². The van der Waals surface area contributed by atoms with Gasteiger partial charge in [0.25, 0.3) is 5.91 Å². The number of para-hydroxylation sites is 1. The summed E-state index contributed by atoms with van der Waals surface area (Å²) in [7, 11) is 1.67. The van der Waals surface area contributed by atoms with Crippen LogP contribution in [-0.2, 0) is 6.54 Å². The highest BCUT2D eigenvalue weighted by atomic mass is 16.4. The molecule has 148 valence electrons. The molecule has 0 atom stereocenters. The summed E-state index contributed by atoms with van der Waals surface area (Å²) in [6, 6.07) is 25.6. The van der Waals surface area contributed by atoms with Gasteiger partial charge in [-0.3, -0.25) is 4.79 Å². The van der Waals surface area contributed by atoms with Crippen molar-refractivity contribution < 1.29 is 14.7 Å². The number of carboxylic acids is 1. The Balaban J connectivity index is 1.89. The van der Waals surface area contributed by atoms with E-state index < -0.39 is 5.97 Å². The fourth-order valence-electron chi connectivity index (χ4n) is 3.59. The van der Waals surface area contributed by atoms with Gasteiger partial charge < -0.3 is 10.0 Å². The van der Waals surface area contributed by atoms with Crippen LogP contribution in [0.5, 0.6) is 0 Å². The van der Waals surface area contributed by atoms with Gasteiger partial charge in [0.2, 0.25) is 0 Å². The molecule has 0 bridgehead atoms. The number of hydrogen-bond acceptors (Lipinski definition) is 3. The molecule has 5 heteroatoms. The number of pyridine rings is 1. The van der Waals surface area contributed by atoms with Crippen LogP contribution in [0.3, 0.4) is 0 Å². The number of hydrogen-bond donors (Lipinski definition) is 1. The summed E-state index contributed by atoms with van der Waals surface area (Å²) < 4.78 is 0. The number of fused-ring (bicyclic) bond motifs is 1. The van der Waals surface area contributed by atoms with Crippen LogP contribution in [0.15, 0.2) is 84.9 Å². The third-order valence-corrected chi connectivity index (χ3v) is 5.02. The second-order valence-corrected chi connectivity index (χ2v) is 7.03. The molecule has 0 aliphatic rings. The number of rotatable bonds is 5. The topological polar surface area (TPSA) is 70.5 Å². The Labute approximate surface area is 174 Å². The number of amides is 1. The van der Waals surface area contributed by atoms with Gasteiger partial charge in [0.15, 0.2) is 0 Å². The Bertz CT molecular complexity index is 1220. The molecule has 5 nitrogen and oxygen atoms in total. The summed E-state index contributed by atoms with van der Waals surface area (Å²) in [4.78, 5) is 31.5. The molecule has 1 aromatic heterocycles. The summed E-state index contributed by atoms with van der Waals surface area (Å²) in [5.74, 6) is -1.22. The lowest BCUT2D eigenvalue weighted by molar-refractivity contribution is 0.0690. The van der Waals surface area contributed by atoms with Gasteiger partial charge in [0.05, 0.1) is 16.8 Å². The summed E-state index contributed by atoms with van der Waals surface area (Å²) in [6.45, 7) is 0.122. The zero-order valence-corrected chi connectivity index (χ0v) is 16.4. The predicted molar refractivity (Wildman–Crippen MR) is 116 cm³/mol. The van der Waals surface area contributed by atoms with Crippen LogP contribution in [0.2, 0.25) is 0 Å². The quantitative estimate of drug-likeness (QED) is 0.522. The molecule has 1 N–H and O–H groups in total. The number of carbonyl (C=O) groups excluding carboxylic acids is 1. The van der Waals surface area contributed by atoms with Crippen molar-refractivity contribution >= 4 is 22.8 Å². The van der Waals surface area contributed by atoms with Gasteiger partial charge in [-0.2, -0.15) is 0 Å². The van der Waals surface area contributed by atoms with Crippen LogP contribution in [0, 0.1) is 0 Å². The molecular formula is C25H20N2O3. The predicted octanol–water partition coefficient (Wildman–Crippen LogP) is 4.87. The maximum Gasteiger partial charge on any atom is 0.336 e. The van der Waals surface area contributed by atoms with Crippen LogP contribution in [0.1, 0.15) is 26.3 Å². The largest absolute Gasteiger partial charge is 0.478 e. The van der Waals surface area contributed by atoms with E-state index in [0.717, 1.165) is 5.56 Å². The zero-order valence-electron chi connectivity index (χ0n) is 16.4. The molecule has 0 aliphatic heterocycles. The Kier molecular flexibility index (Phi) is 5.26. The van der Waals surface area contributed by atoms with Crippen molar-refractivity contribution in [2.24, 2.45) is 0 Å². The normalized spacial score (nSPS) is 10.7. The van der Waals surface area contributed by atoms with E-state index in [1.165, 1.54) is 4.90 Å². The summed E-state index contributed by atoms with van der Waals surface area (Å²) in [5.41, 5.74) is 3.22. The SMILES string of the molecule is CN(Cc1c(-c2ccccc2)nc2ccccc2c1C(=O)O)C(=O)c1ccccc1. The average molecular weight is 396 g/mol. The van der Waals surface area contributed by atoms with Gasteiger partial charge in [-0.1, -0.05) is 66.7 Å². The van der Waals surface area contributed by atoms with E-state index >= 15 is 0 Å². The van der Waals surface area contributed by atoms with Crippen molar-refractivity contribution in [1.29, 1.82) is 0 Å². The van der Waals surface area contributed by atoms with Crippen molar-refractivity contribution in [2.75, 3.05) is 7.05 Å². The first-order valence-corrected chi connectivity index (χ1v) is 9.57. The maximum absolute atomic E-state index is 12.9. The first-order chi connectivity index (χ1) is 14.6. The van der Waals surface area contributed by atoms with Crippen molar-refractivity contribution in [1.82, 2.24) is 9.88 Å². The molecule has 0 saturated carbocycles. The highest BCUT2D eigenvalue weighted by Gasteiger charge is 2.23. The summed E-state index contributed by atoms with van der Waals surface area (Å²) in [6.07, 6.45) is 0. The number of aromatic nitrogens is 1. The molecule has 0 unspecified atom stereocenters. The molecular weight excluding hydrogens is 376 g/mol. The first-order valence-electron chi connectivity index (χ1n) is 9.57. The average Bonchev–Trinajstić information content (AvgIpc) is 2.79. The highest BCUT2D eigenvalue weighted by molar-refractivity contribution is 6.06. The molecule has 1 amide bonds. The Morgan fingerprint density at radius 1 is 0.867 bits per heavy atom. The van der Waals surface area contributed by atoms with Gasteiger partial charge in [0, 0.05) is 35.7 Å². The third-order valence-electron chi connectivity index (χ3n) is 5.02. The van der Waals surface area contributed by atoms with Gasteiger partial charge >= 0.3 is 5.97 Å². The molecule has 4 aromatic rings. The Hall–Kier alpha value is -3.99. The van der Waals surface area contributed by atoms with Crippen LogP contribution >= 0.6 is 0 Å². The van der Waals surface area contributed by atoms with E-state index in [4.69, 9.17) is 4.98 Å². The van der Waals surface area contributed by atoms with E-state index in [2.05, 4.69) is 0 Å². The molecule has 0 aliphatic carbocycles. The monoisotopic (exact) mass is 396 g/mol. The van der Waals surface area contributed by atoms with Crippen LogP contribution in [0.25, 0.3) is 22.2 Å². The molecule has 30 heavy (non-hydrogen) atoms. The van der Waals surface area contributed by atoms with Crippen molar-refractivity contribution in [3.63, 3.8) is 0 Å². The smallest absolute Gasteiger partial charge is 0.336 e. The number of benzene rings is 3. The number of nitrogens with zero attached hydrogens (tertiary/aromatic N) is 2. The number of carbonyl (C=O) groups is 2. The molecule has 4 rings (SSSR count). The van der Waals surface area contributed by atoms with Crippen molar-refractivity contribution in [2.45, 2.75) is 6.54 Å².